The predicted molar refractivity (Wildman–Crippen MR) is 151 cm³/mol. The molecule has 0 bridgehead atoms. The number of benzene rings is 2. The maximum Gasteiger partial charge on any atom is 0.263 e. The van der Waals surface area contributed by atoms with Gasteiger partial charge in [0.05, 0.1) is 4.90 Å². The van der Waals surface area contributed by atoms with Crippen LogP contribution in [0.3, 0.4) is 0 Å². The maximum absolute atomic E-state index is 13.8. The van der Waals surface area contributed by atoms with Crippen molar-refractivity contribution in [1.82, 2.24) is 9.88 Å². The zero-order chi connectivity index (χ0) is 26.9. The molecule has 9 nitrogen and oxygen atoms in total. The van der Waals surface area contributed by atoms with Crippen LogP contribution in [-0.2, 0) is 26.0 Å². The minimum Gasteiger partial charge on any atom is -0.359 e. The van der Waals surface area contributed by atoms with Crippen LogP contribution in [0.15, 0.2) is 65.0 Å². The monoisotopic (exact) mass is 555 g/mol. The fraction of sp³-hybridized carbons (Fsp3) is 0.370. The van der Waals surface area contributed by atoms with Crippen molar-refractivity contribution in [2.45, 2.75) is 37.6 Å². The molecule has 0 unspecified atom stereocenters. The number of hydrogen-bond acceptors (Lipinski definition) is 7. The molecule has 11 heteroatoms. The molecule has 2 aliphatic heterocycles. The van der Waals surface area contributed by atoms with Gasteiger partial charge in [-0.05, 0) is 54.7 Å². The van der Waals surface area contributed by atoms with Gasteiger partial charge in [-0.25, -0.2) is 13.4 Å². The molecule has 0 saturated carbocycles. The van der Waals surface area contributed by atoms with Crippen LogP contribution in [-0.4, -0.2) is 62.3 Å². The van der Waals surface area contributed by atoms with E-state index in [0.717, 1.165) is 25.1 Å². The number of aryl methyl sites for hydroxylation is 1. The minimum absolute atomic E-state index is 0. The van der Waals surface area contributed by atoms with Crippen molar-refractivity contribution in [2.75, 3.05) is 40.7 Å². The number of carbonyl (C=O) groups excluding carboxylic acids is 2. The fourth-order valence-electron chi connectivity index (χ4n) is 5.20. The first-order valence-electron chi connectivity index (χ1n) is 12.7. The molecule has 1 aromatic heterocycles. The third-order valence-corrected chi connectivity index (χ3v) is 9.18. The number of hydrogen-bond donors (Lipinski definition) is 1. The number of carbonyl (C=O) groups is 2. The van der Waals surface area contributed by atoms with E-state index >= 15 is 0 Å². The third-order valence-electron chi connectivity index (χ3n) is 7.01. The van der Waals surface area contributed by atoms with Crippen molar-refractivity contribution in [3.05, 3.63) is 65.7 Å². The SMILES string of the molecule is CC(C)[C@@H](C(=O)N1CCN(c2ccc(S(=O)(=O)Nc3nccs3)cc2)C(=O)C1)N1CCCc2ccccc21.[HH]. The van der Waals surface area contributed by atoms with Gasteiger partial charge in [-0.3, -0.25) is 14.3 Å². The summed E-state index contributed by atoms with van der Waals surface area (Å²) in [5, 5.41) is 1.98. The molecule has 38 heavy (non-hydrogen) atoms. The van der Waals surface area contributed by atoms with Gasteiger partial charge in [-0.1, -0.05) is 32.0 Å². The quantitative estimate of drug-likeness (QED) is 0.475. The van der Waals surface area contributed by atoms with E-state index in [0.29, 0.717) is 18.8 Å². The van der Waals surface area contributed by atoms with E-state index in [2.05, 4.69) is 40.6 Å². The number of rotatable bonds is 7. The average Bonchev–Trinajstić information content (AvgIpc) is 3.41. The van der Waals surface area contributed by atoms with Crippen molar-refractivity contribution in [1.29, 1.82) is 0 Å². The van der Waals surface area contributed by atoms with Gasteiger partial charge in [0, 0.05) is 44.0 Å². The molecule has 2 aliphatic rings. The number of fused-ring (bicyclic) bond motifs is 1. The summed E-state index contributed by atoms with van der Waals surface area (Å²) in [5.41, 5.74) is 2.96. The minimum atomic E-state index is -3.78. The van der Waals surface area contributed by atoms with Crippen LogP contribution in [0.5, 0.6) is 0 Å². The van der Waals surface area contributed by atoms with Gasteiger partial charge in [0.15, 0.2) is 5.13 Å². The second-order valence-corrected chi connectivity index (χ2v) is 12.4. The highest BCUT2D eigenvalue weighted by atomic mass is 32.2. The molecule has 3 aromatic rings. The van der Waals surface area contributed by atoms with Crippen LogP contribution in [0, 0.1) is 5.92 Å². The van der Waals surface area contributed by atoms with Gasteiger partial charge in [0.1, 0.15) is 12.6 Å². The van der Waals surface area contributed by atoms with Crippen molar-refractivity contribution in [2.24, 2.45) is 5.92 Å². The summed E-state index contributed by atoms with van der Waals surface area (Å²) in [4.78, 5) is 36.4. The first-order valence-corrected chi connectivity index (χ1v) is 15.1. The first kappa shape index (κ1) is 26.2. The molecule has 3 heterocycles. The Kier molecular flexibility index (Phi) is 7.40. The summed E-state index contributed by atoms with van der Waals surface area (Å²) in [6.45, 7) is 5.66. The molecule has 1 atom stereocenters. The molecule has 1 saturated heterocycles. The number of aromatic nitrogens is 1. The van der Waals surface area contributed by atoms with Crippen molar-refractivity contribution in [3.8, 4) is 0 Å². The number of para-hydroxylation sites is 1. The Balaban J connectivity index is 0.00000353. The number of sulfonamides is 1. The Morgan fingerprint density at radius 3 is 2.53 bits per heavy atom. The van der Waals surface area contributed by atoms with E-state index in [1.807, 2.05) is 12.1 Å². The lowest BCUT2D eigenvalue weighted by molar-refractivity contribution is -0.138. The molecule has 1 fully saturated rings. The number of nitrogens with one attached hydrogen (secondary N) is 1. The lowest BCUT2D eigenvalue weighted by Crippen LogP contribution is -2.59. The zero-order valence-corrected chi connectivity index (χ0v) is 23.0. The molecule has 5 rings (SSSR count). The standard InChI is InChI=1S/C27H31N5O4S2.H2/c1-19(2)25(32-14-5-7-20-6-3-4-8-23(20)32)26(34)30-15-16-31(24(33)18-30)21-9-11-22(12-10-21)38(35,36)29-27-28-13-17-37-27;/h3-4,6,8-13,17,19,25H,5,7,14-16,18H2,1-2H3,(H,28,29);1H/t25-;/m0./s1. The number of anilines is 3. The smallest absolute Gasteiger partial charge is 0.263 e. The topological polar surface area (TPSA) is 103 Å². The van der Waals surface area contributed by atoms with Crippen molar-refractivity contribution < 1.29 is 19.4 Å². The predicted octanol–water partition coefficient (Wildman–Crippen LogP) is 3.84. The van der Waals surface area contributed by atoms with Crippen LogP contribution in [0.1, 0.15) is 27.3 Å². The van der Waals surface area contributed by atoms with Crippen LogP contribution >= 0.6 is 11.3 Å². The normalized spacial score (nSPS) is 16.9. The van der Waals surface area contributed by atoms with E-state index in [-0.39, 0.29) is 41.8 Å². The Morgan fingerprint density at radius 2 is 1.84 bits per heavy atom. The second kappa shape index (κ2) is 10.7. The molecule has 2 amide bonds. The van der Waals surface area contributed by atoms with Gasteiger partial charge in [-0.15, -0.1) is 11.3 Å². The highest BCUT2D eigenvalue weighted by Crippen LogP contribution is 2.32. The fourth-order valence-corrected chi connectivity index (χ4v) is 6.99. The summed E-state index contributed by atoms with van der Waals surface area (Å²) < 4.78 is 27.7. The lowest BCUT2D eigenvalue weighted by atomic mass is 9.94. The highest BCUT2D eigenvalue weighted by molar-refractivity contribution is 7.93. The summed E-state index contributed by atoms with van der Waals surface area (Å²) >= 11 is 1.19. The van der Waals surface area contributed by atoms with Crippen LogP contribution in [0.25, 0.3) is 0 Å². The Hall–Kier alpha value is -3.44. The first-order chi connectivity index (χ1) is 18.2. The van der Waals surface area contributed by atoms with Gasteiger partial charge in [0.2, 0.25) is 11.8 Å². The van der Waals surface area contributed by atoms with Crippen LogP contribution in [0.4, 0.5) is 16.5 Å². The largest absolute Gasteiger partial charge is 0.359 e. The lowest BCUT2D eigenvalue weighted by Gasteiger charge is -2.43. The van der Waals surface area contributed by atoms with Crippen molar-refractivity contribution >= 4 is 49.7 Å². The van der Waals surface area contributed by atoms with Gasteiger partial charge < -0.3 is 14.7 Å². The Bertz CT molecular complexity index is 1410. The second-order valence-electron chi connectivity index (χ2n) is 9.86. The van der Waals surface area contributed by atoms with E-state index in [9.17, 15) is 18.0 Å². The van der Waals surface area contributed by atoms with Gasteiger partial charge >= 0.3 is 0 Å². The summed E-state index contributed by atoms with van der Waals surface area (Å²) in [6, 6.07) is 14.1. The van der Waals surface area contributed by atoms with Gasteiger partial charge in [-0.2, -0.15) is 0 Å². The maximum atomic E-state index is 13.8. The molecule has 2 aromatic carbocycles. The third kappa shape index (κ3) is 5.25. The molecule has 0 aliphatic carbocycles. The average molecular weight is 556 g/mol. The number of nitrogens with zero attached hydrogens (tertiary/aromatic N) is 4. The summed E-state index contributed by atoms with van der Waals surface area (Å²) in [5.74, 6) is -0.142. The summed E-state index contributed by atoms with van der Waals surface area (Å²) in [6.07, 6.45) is 3.52. The number of piperazine rings is 1. The van der Waals surface area contributed by atoms with Gasteiger partial charge in [0.25, 0.3) is 10.0 Å². The zero-order valence-electron chi connectivity index (χ0n) is 21.4. The Morgan fingerprint density at radius 1 is 1.08 bits per heavy atom. The number of amides is 2. The molecular weight excluding hydrogens is 522 g/mol. The molecule has 0 radical (unpaired) electrons. The molecule has 202 valence electrons. The highest BCUT2D eigenvalue weighted by Gasteiger charge is 2.37. The summed E-state index contributed by atoms with van der Waals surface area (Å²) in [7, 11) is -3.78. The van der Waals surface area contributed by atoms with E-state index in [1.54, 1.807) is 27.3 Å². The van der Waals surface area contributed by atoms with E-state index in [4.69, 9.17) is 0 Å². The van der Waals surface area contributed by atoms with E-state index < -0.39 is 10.0 Å². The van der Waals surface area contributed by atoms with Crippen molar-refractivity contribution in [3.63, 3.8) is 0 Å². The number of thiazole rings is 1. The molecule has 1 N–H and O–H groups in total. The van der Waals surface area contributed by atoms with E-state index in [1.165, 1.54) is 35.2 Å². The van der Waals surface area contributed by atoms with Crippen LogP contribution < -0.4 is 14.5 Å². The van der Waals surface area contributed by atoms with Crippen LogP contribution in [0.2, 0.25) is 0 Å². The molecule has 0 spiro atoms. The molecular formula is C27H33N5O4S2. The Labute approximate surface area is 228 Å².